The van der Waals surface area contributed by atoms with Crippen LogP contribution in [0.3, 0.4) is 0 Å². The molecule has 2 aliphatic rings. The van der Waals surface area contributed by atoms with Crippen LogP contribution in [0.25, 0.3) is 10.9 Å². The summed E-state index contributed by atoms with van der Waals surface area (Å²) < 4.78 is 7.48. The maximum Gasteiger partial charge on any atom is 0.260 e. The van der Waals surface area contributed by atoms with Crippen molar-refractivity contribution in [3.05, 3.63) is 57.5 Å². The lowest BCUT2D eigenvalue weighted by Crippen LogP contribution is -2.34. The highest BCUT2D eigenvalue weighted by atomic mass is 16.5. The summed E-state index contributed by atoms with van der Waals surface area (Å²) in [5, 5.41) is 4.65. The van der Waals surface area contributed by atoms with E-state index in [2.05, 4.69) is 10.1 Å². The number of rotatable bonds is 3. The van der Waals surface area contributed by atoms with Crippen molar-refractivity contribution in [2.45, 2.75) is 51.6 Å². The second-order valence-electron chi connectivity index (χ2n) is 7.93. The van der Waals surface area contributed by atoms with Crippen LogP contribution < -0.4 is 5.43 Å². The topological polar surface area (TPSA) is 81.2 Å². The Labute approximate surface area is 162 Å². The van der Waals surface area contributed by atoms with Gasteiger partial charge in [-0.2, -0.15) is 4.98 Å². The van der Waals surface area contributed by atoms with Gasteiger partial charge in [0.15, 0.2) is 5.82 Å². The van der Waals surface area contributed by atoms with Gasteiger partial charge in [0.1, 0.15) is 11.6 Å². The zero-order chi connectivity index (χ0) is 19.4. The van der Waals surface area contributed by atoms with Crippen LogP contribution in [-0.4, -0.2) is 32.1 Å². The second kappa shape index (κ2) is 6.29. The van der Waals surface area contributed by atoms with Crippen molar-refractivity contribution in [1.82, 2.24) is 19.6 Å². The molecule has 5 rings (SSSR count). The van der Waals surface area contributed by atoms with Crippen LogP contribution in [0.5, 0.6) is 0 Å². The minimum Gasteiger partial charge on any atom is -0.346 e. The average Bonchev–Trinajstić information content (AvgIpc) is 3.43. The van der Waals surface area contributed by atoms with Crippen molar-refractivity contribution in [2.24, 2.45) is 0 Å². The molecule has 7 heteroatoms. The molecule has 3 aromatic rings. The molecule has 0 unspecified atom stereocenters. The lowest BCUT2D eigenvalue weighted by atomic mass is 10.1. The quantitative estimate of drug-likeness (QED) is 0.700. The number of nitrogens with zero attached hydrogens (tertiary/aromatic N) is 4. The Kier molecular flexibility index (Phi) is 3.86. The van der Waals surface area contributed by atoms with Gasteiger partial charge >= 0.3 is 0 Å². The van der Waals surface area contributed by atoms with Crippen molar-refractivity contribution in [1.29, 1.82) is 0 Å². The van der Waals surface area contributed by atoms with Crippen LogP contribution in [0.15, 0.2) is 33.7 Å². The molecule has 4 heterocycles. The molecule has 2 aliphatic heterocycles. The van der Waals surface area contributed by atoms with Gasteiger partial charge in [0.25, 0.3) is 5.91 Å². The van der Waals surface area contributed by atoms with Crippen molar-refractivity contribution in [3.63, 3.8) is 0 Å². The van der Waals surface area contributed by atoms with Crippen LogP contribution in [-0.2, 0) is 13.0 Å². The molecule has 1 atom stereocenters. The van der Waals surface area contributed by atoms with Crippen LogP contribution in [0.1, 0.15) is 66.3 Å². The Balaban J connectivity index is 1.54. The molecule has 0 aliphatic carbocycles. The predicted molar refractivity (Wildman–Crippen MR) is 103 cm³/mol. The Hall–Kier alpha value is -2.96. The van der Waals surface area contributed by atoms with Crippen LogP contribution in [0.4, 0.5) is 0 Å². The third-order valence-corrected chi connectivity index (χ3v) is 5.81. The SMILES string of the molecule is CC(C)c1noc([C@H]2CCCN2C(=O)c2cn3c4c(cccc4c2=O)CC3)n1. The maximum absolute atomic E-state index is 13.3. The van der Waals surface area contributed by atoms with E-state index in [4.69, 9.17) is 4.52 Å². The molecule has 1 saturated heterocycles. The molecule has 0 N–H and O–H groups in total. The number of likely N-dealkylation sites (tertiary alicyclic amines) is 1. The third-order valence-electron chi connectivity index (χ3n) is 5.81. The van der Waals surface area contributed by atoms with Crippen LogP contribution in [0.2, 0.25) is 0 Å². The van der Waals surface area contributed by atoms with Crippen LogP contribution >= 0.6 is 0 Å². The fraction of sp³-hybridized carbons (Fsp3) is 0.429. The molecule has 1 amide bonds. The number of amides is 1. The number of aromatic nitrogens is 3. The Bertz CT molecular complexity index is 1140. The van der Waals surface area contributed by atoms with Crippen molar-refractivity contribution in [3.8, 4) is 0 Å². The van der Waals surface area contributed by atoms with E-state index in [0.29, 0.717) is 23.6 Å². The van der Waals surface area contributed by atoms with Gasteiger partial charge in [-0.05, 0) is 30.9 Å². The monoisotopic (exact) mass is 378 g/mol. The number of pyridine rings is 1. The summed E-state index contributed by atoms with van der Waals surface area (Å²) in [5.41, 5.74) is 2.15. The minimum atomic E-state index is -0.271. The van der Waals surface area contributed by atoms with Gasteiger partial charge in [-0.15, -0.1) is 0 Å². The first-order valence-electron chi connectivity index (χ1n) is 9.84. The molecule has 0 spiro atoms. The van der Waals surface area contributed by atoms with Gasteiger partial charge in [0.2, 0.25) is 11.3 Å². The summed E-state index contributed by atoms with van der Waals surface area (Å²) in [6, 6.07) is 5.49. The molecular weight excluding hydrogens is 356 g/mol. The lowest BCUT2D eigenvalue weighted by molar-refractivity contribution is 0.0708. The third kappa shape index (κ3) is 2.49. The predicted octanol–water partition coefficient (Wildman–Crippen LogP) is 3.04. The molecule has 7 nitrogen and oxygen atoms in total. The zero-order valence-corrected chi connectivity index (χ0v) is 16.0. The first kappa shape index (κ1) is 17.2. The summed E-state index contributed by atoms with van der Waals surface area (Å²) >= 11 is 0. The largest absolute Gasteiger partial charge is 0.346 e. The first-order valence-corrected chi connectivity index (χ1v) is 9.84. The van der Waals surface area contributed by atoms with Gasteiger partial charge in [-0.3, -0.25) is 9.59 Å². The number of benzene rings is 1. The fourth-order valence-corrected chi connectivity index (χ4v) is 4.35. The van der Waals surface area contributed by atoms with E-state index in [-0.39, 0.29) is 28.9 Å². The molecule has 28 heavy (non-hydrogen) atoms. The lowest BCUT2D eigenvalue weighted by Gasteiger charge is -2.22. The molecular formula is C21H22N4O3. The highest BCUT2D eigenvalue weighted by Gasteiger charge is 2.36. The number of hydrogen-bond acceptors (Lipinski definition) is 5. The van der Waals surface area contributed by atoms with Gasteiger partial charge in [-0.25, -0.2) is 0 Å². The van der Waals surface area contributed by atoms with E-state index in [9.17, 15) is 9.59 Å². The minimum absolute atomic E-state index is 0.159. The Morgan fingerprint density at radius 3 is 2.93 bits per heavy atom. The molecule has 2 aromatic heterocycles. The summed E-state index contributed by atoms with van der Waals surface area (Å²) in [7, 11) is 0. The first-order chi connectivity index (χ1) is 13.5. The summed E-state index contributed by atoms with van der Waals surface area (Å²) in [6.45, 7) is 5.38. The van der Waals surface area contributed by atoms with Crippen molar-refractivity contribution < 1.29 is 9.32 Å². The standard InChI is InChI=1S/C21H22N4O3/c1-12(2)19-22-20(28-23-19)16-7-4-9-25(16)21(27)15-11-24-10-8-13-5-3-6-14(17(13)24)18(15)26/h3,5-6,11-12,16H,4,7-10H2,1-2H3/t16-/m1/s1. The number of carbonyl (C=O) groups is 1. The normalized spacial score (nSPS) is 18.5. The van der Waals surface area contributed by atoms with E-state index < -0.39 is 0 Å². The van der Waals surface area contributed by atoms with Gasteiger partial charge < -0.3 is 14.0 Å². The highest BCUT2D eigenvalue weighted by Crippen LogP contribution is 2.33. The van der Waals surface area contributed by atoms with E-state index in [1.54, 1.807) is 11.1 Å². The van der Waals surface area contributed by atoms with Crippen molar-refractivity contribution in [2.75, 3.05) is 6.54 Å². The smallest absolute Gasteiger partial charge is 0.260 e. The zero-order valence-electron chi connectivity index (χ0n) is 16.0. The van der Waals surface area contributed by atoms with E-state index >= 15 is 0 Å². The molecule has 0 bridgehead atoms. The maximum atomic E-state index is 13.3. The van der Waals surface area contributed by atoms with Gasteiger partial charge in [-0.1, -0.05) is 31.1 Å². The Morgan fingerprint density at radius 1 is 1.29 bits per heavy atom. The molecule has 144 valence electrons. The van der Waals surface area contributed by atoms with Gasteiger partial charge in [0.05, 0.1) is 5.52 Å². The van der Waals surface area contributed by atoms with Crippen LogP contribution in [0, 0.1) is 0 Å². The average molecular weight is 378 g/mol. The fourth-order valence-electron chi connectivity index (χ4n) is 4.35. The summed E-state index contributed by atoms with van der Waals surface area (Å²) in [4.78, 5) is 32.6. The molecule has 0 saturated carbocycles. The summed E-state index contributed by atoms with van der Waals surface area (Å²) in [5.74, 6) is 1.01. The number of hydrogen-bond donors (Lipinski definition) is 0. The summed E-state index contributed by atoms with van der Waals surface area (Å²) in [6.07, 6.45) is 4.23. The van der Waals surface area contributed by atoms with E-state index in [0.717, 1.165) is 31.3 Å². The second-order valence-corrected chi connectivity index (χ2v) is 7.93. The highest BCUT2D eigenvalue weighted by molar-refractivity contribution is 5.98. The van der Waals surface area contributed by atoms with E-state index in [1.165, 1.54) is 5.56 Å². The number of aryl methyl sites for hydroxylation is 2. The molecule has 1 aromatic carbocycles. The number of carbonyl (C=O) groups excluding carboxylic acids is 1. The molecule has 0 radical (unpaired) electrons. The Morgan fingerprint density at radius 2 is 2.14 bits per heavy atom. The van der Waals surface area contributed by atoms with Gasteiger partial charge in [0, 0.05) is 30.6 Å². The number of para-hydroxylation sites is 1. The van der Waals surface area contributed by atoms with Crippen molar-refractivity contribution >= 4 is 16.8 Å². The van der Waals surface area contributed by atoms with E-state index in [1.807, 2.05) is 36.6 Å². The molecule has 1 fully saturated rings.